The summed E-state index contributed by atoms with van der Waals surface area (Å²) in [6.45, 7) is 5.14. The van der Waals surface area contributed by atoms with E-state index in [1.165, 1.54) is 6.07 Å². The van der Waals surface area contributed by atoms with E-state index in [9.17, 15) is 9.18 Å². The molecular formula is C16H20FN3O. The summed E-state index contributed by atoms with van der Waals surface area (Å²) in [5.74, 6) is -0.426. The van der Waals surface area contributed by atoms with Gasteiger partial charge in [-0.05, 0) is 43.5 Å². The molecule has 0 saturated carbocycles. The maximum atomic E-state index is 14.2. The summed E-state index contributed by atoms with van der Waals surface area (Å²) in [6.07, 6.45) is 2.22. The summed E-state index contributed by atoms with van der Waals surface area (Å²) in [4.78, 5) is 14.1. The van der Waals surface area contributed by atoms with E-state index in [1.807, 2.05) is 4.90 Å². The van der Waals surface area contributed by atoms with Gasteiger partial charge in [-0.1, -0.05) is 0 Å². The van der Waals surface area contributed by atoms with Crippen molar-refractivity contribution in [2.24, 2.45) is 0 Å². The molecule has 21 heavy (non-hydrogen) atoms. The normalized spacial score (nSPS) is 17.6. The molecule has 2 heterocycles. The summed E-state index contributed by atoms with van der Waals surface area (Å²) in [6, 6.07) is 4.93. The molecule has 0 bridgehead atoms. The number of carbonyl (C=O) groups excluding carboxylic acids is 1. The van der Waals surface area contributed by atoms with E-state index in [0.29, 0.717) is 11.4 Å². The van der Waals surface area contributed by atoms with E-state index in [4.69, 9.17) is 0 Å². The molecule has 112 valence electrons. The number of nitrogens with one attached hydrogen (secondary N) is 2. The molecule has 0 radical (unpaired) electrons. The van der Waals surface area contributed by atoms with Gasteiger partial charge in [0.2, 0.25) is 0 Å². The minimum atomic E-state index is -0.273. The zero-order valence-corrected chi connectivity index (χ0v) is 12.2. The van der Waals surface area contributed by atoms with Crippen molar-refractivity contribution >= 4 is 17.3 Å². The highest BCUT2D eigenvalue weighted by Crippen LogP contribution is 2.26. The summed E-state index contributed by atoms with van der Waals surface area (Å²) >= 11 is 0. The quantitative estimate of drug-likeness (QED) is 0.839. The molecule has 5 heteroatoms. The standard InChI is InChI=1S/C16H20FN3O/c1-11(12-9-18-10-12)16(21)19-13-4-5-15(14(17)8-13)20-6-2-3-7-20/h4-5,8,18H,2-3,6-7,9-10H2,1H3,(H,19,21). The Morgan fingerprint density at radius 3 is 2.57 bits per heavy atom. The zero-order valence-electron chi connectivity index (χ0n) is 12.2. The summed E-state index contributed by atoms with van der Waals surface area (Å²) in [5.41, 5.74) is 2.97. The first-order chi connectivity index (χ1) is 10.1. The van der Waals surface area contributed by atoms with Crippen molar-refractivity contribution in [2.45, 2.75) is 19.8 Å². The lowest BCUT2D eigenvalue weighted by Gasteiger charge is -2.22. The average molecular weight is 289 g/mol. The fourth-order valence-electron chi connectivity index (χ4n) is 2.70. The molecular weight excluding hydrogens is 269 g/mol. The number of hydrogen-bond donors (Lipinski definition) is 2. The highest BCUT2D eigenvalue weighted by Gasteiger charge is 2.18. The molecule has 0 atom stereocenters. The van der Waals surface area contributed by atoms with Crippen LogP contribution in [-0.4, -0.2) is 32.1 Å². The third-order valence-electron chi connectivity index (χ3n) is 4.20. The van der Waals surface area contributed by atoms with Crippen LogP contribution in [0.4, 0.5) is 15.8 Å². The van der Waals surface area contributed by atoms with Gasteiger partial charge in [0.25, 0.3) is 5.91 Å². The smallest absolute Gasteiger partial charge is 0.251 e. The van der Waals surface area contributed by atoms with Gasteiger partial charge in [-0.3, -0.25) is 4.79 Å². The van der Waals surface area contributed by atoms with Crippen LogP contribution in [0.1, 0.15) is 19.8 Å². The monoisotopic (exact) mass is 289 g/mol. The van der Waals surface area contributed by atoms with Gasteiger partial charge in [0.15, 0.2) is 0 Å². The predicted molar refractivity (Wildman–Crippen MR) is 82.0 cm³/mol. The van der Waals surface area contributed by atoms with Crippen molar-refractivity contribution in [2.75, 3.05) is 36.4 Å². The fraction of sp³-hybridized carbons (Fsp3) is 0.438. The highest BCUT2D eigenvalue weighted by atomic mass is 19.1. The number of hydrogen-bond acceptors (Lipinski definition) is 3. The molecule has 1 aromatic carbocycles. The third-order valence-corrected chi connectivity index (χ3v) is 4.20. The lowest BCUT2D eigenvalue weighted by Crippen LogP contribution is -2.36. The molecule has 2 aliphatic rings. The van der Waals surface area contributed by atoms with Crippen molar-refractivity contribution in [3.05, 3.63) is 35.2 Å². The molecule has 0 aliphatic carbocycles. The number of carbonyl (C=O) groups is 1. The molecule has 2 N–H and O–H groups in total. The van der Waals surface area contributed by atoms with Crippen LogP contribution < -0.4 is 15.5 Å². The third kappa shape index (κ3) is 2.93. The molecule has 2 fully saturated rings. The predicted octanol–water partition coefficient (Wildman–Crippen LogP) is 2.28. The van der Waals surface area contributed by atoms with Gasteiger partial charge < -0.3 is 15.5 Å². The summed E-state index contributed by atoms with van der Waals surface area (Å²) in [7, 11) is 0. The second-order valence-electron chi connectivity index (χ2n) is 5.65. The first-order valence-corrected chi connectivity index (χ1v) is 7.40. The lowest BCUT2D eigenvalue weighted by molar-refractivity contribution is -0.112. The van der Waals surface area contributed by atoms with Gasteiger partial charge in [0, 0.05) is 37.4 Å². The van der Waals surface area contributed by atoms with E-state index < -0.39 is 0 Å². The molecule has 0 unspecified atom stereocenters. The van der Waals surface area contributed by atoms with E-state index in [0.717, 1.165) is 50.2 Å². The molecule has 4 nitrogen and oxygen atoms in total. The van der Waals surface area contributed by atoms with Crippen molar-refractivity contribution in [3.63, 3.8) is 0 Å². The van der Waals surface area contributed by atoms with Crippen LogP contribution in [0.5, 0.6) is 0 Å². The van der Waals surface area contributed by atoms with Crippen LogP contribution >= 0.6 is 0 Å². The molecule has 2 saturated heterocycles. The molecule has 1 aromatic rings. The van der Waals surface area contributed by atoms with Crippen molar-refractivity contribution < 1.29 is 9.18 Å². The number of nitrogens with zero attached hydrogens (tertiary/aromatic N) is 1. The second kappa shape index (κ2) is 5.85. The first-order valence-electron chi connectivity index (χ1n) is 7.40. The molecule has 0 spiro atoms. The van der Waals surface area contributed by atoms with Crippen LogP contribution in [0, 0.1) is 5.82 Å². The largest absolute Gasteiger partial charge is 0.369 e. The van der Waals surface area contributed by atoms with Crippen LogP contribution in [-0.2, 0) is 4.79 Å². The van der Waals surface area contributed by atoms with E-state index in [-0.39, 0.29) is 11.7 Å². The Bertz CT molecular complexity index is 585. The van der Waals surface area contributed by atoms with E-state index in [1.54, 1.807) is 19.1 Å². The van der Waals surface area contributed by atoms with Crippen LogP contribution in [0.2, 0.25) is 0 Å². The van der Waals surface area contributed by atoms with E-state index >= 15 is 0 Å². The van der Waals surface area contributed by atoms with Gasteiger partial charge in [-0.25, -0.2) is 4.39 Å². The Balaban J connectivity index is 1.71. The fourth-order valence-corrected chi connectivity index (χ4v) is 2.70. The molecule has 0 aromatic heterocycles. The van der Waals surface area contributed by atoms with Gasteiger partial charge in [0.05, 0.1) is 5.69 Å². The number of halogens is 1. The topological polar surface area (TPSA) is 44.4 Å². The van der Waals surface area contributed by atoms with Crippen molar-refractivity contribution in [1.82, 2.24) is 5.32 Å². The van der Waals surface area contributed by atoms with Crippen LogP contribution in [0.25, 0.3) is 0 Å². The van der Waals surface area contributed by atoms with Crippen LogP contribution in [0.15, 0.2) is 29.3 Å². The second-order valence-corrected chi connectivity index (χ2v) is 5.65. The van der Waals surface area contributed by atoms with E-state index in [2.05, 4.69) is 10.6 Å². The maximum Gasteiger partial charge on any atom is 0.251 e. The SMILES string of the molecule is CC(C(=O)Nc1ccc(N2CCCC2)c(F)c1)=C1CNC1. The Morgan fingerprint density at radius 1 is 1.29 bits per heavy atom. The molecule has 3 rings (SSSR count). The zero-order chi connectivity index (χ0) is 14.8. The van der Waals surface area contributed by atoms with Crippen LogP contribution in [0.3, 0.4) is 0 Å². The first kappa shape index (κ1) is 14.1. The Labute approximate surface area is 124 Å². The number of amides is 1. The van der Waals surface area contributed by atoms with Gasteiger partial charge >= 0.3 is 0 Å². The van der Waals surface area contributed by atoms with Gasteiger partial charge in [-0.2, -0.15) is 0 Å². The highest BCUT2D eigenvalue weighted by molar-refractivity contribution is 6.04. The minimum Gasteiger partial charge on any atom is -0.369 e. The minimum absolute atomic E-state index is 0.153. The lowest BCUT2D eigenvalue weighted by atomic mass is 10.0. The molecule has 2 aliphatic heterocycles. The Morgan fingerprint density at radius 2 is 2.00 bits per heavy atom. The van der Waals surface area contributed by atoms with Crippen molar-refractivity contribution in [3.8, 4) is 0 Å². The Hall–Kier alpha value is -1.88. The van der Waals surface area contributed by atoms with Crippen molar-refractivity contribution in [1.29, 1.82) is 0 Å². The van der Waals surface area contributed by atoms with Gasteiger partial charge in [0.1, 0.15) is 5.82 Å². The maximum absolute atomic E-state index is 14.2. The molecule has 1 amide bonds. The number of benzene rings is 1. The van der Waals surface area contributed by atoms with Gasteiger partial charge in [-0.15, -0.1) is 0 Å². The number of rotatable bonds is 3. The summed E-state index contributed by atoms with van der Waals surface area (Å²) < 4.78 is 14.2. The summed E-state index contributed by atoms with van der Waals surface area (Å²) in [5, 5.41) is 5.87. The Kier molecular flexibility index (Phi) is 3.92. The average Bonchev–Trinajstić information content (AvgIpc) is 2.90. The number of anilines is 2.